The minimum absolute atomic E-state index is 0.00280. The van der Waals surface area contributed by atoms with Crippen LogP contribution in [0, 0.1) is 11.7 Å². The summed E-state index contributed by atoms with van der Waals surface area (Å²) in [5, 5.41) is -0.514. The molecule has 8 heteroatoms. The fourth-order valence-electron chi connectivity index (χ4n) is 2.69. The molecule has 1 aromatic carbocycles. The van der Waals surface area contributed by atoms with Gasteiger partial charge in [-0.1, -0.05) is 19.1 Å². The summed E-state index contributed by atoms with van der Waals surface area (Å²) in [6, 6.07) is 8.00. The van der Waals surface area contributed by atoms with Gasteiger partial charge in [0.15, 0.2) is 10.4 Å². The fraction of sp³-hybridized carbons (Fsp3) is 0.235. The quantitative estimate of drug-likeness (QED) is 0.688. The number of alkyl halides is 3. The van der Waals surface area contributed by atoms with Crippen molar-refractivity contribution >= 4 is 23.3 Å². The Balaban J connectivity index is 2.55. The van der Waals surface area contributed by atoms with Gasteiger partial charge < -0.3 is 0 Å². The van der Waals surface area contributed by atoms with Crippen LogP contribution in [0.5, 0.6) is 0 Å². The molecule has 25 heavy (non-hydrogen) atoms. The molecule has 0 saturated heterocycles. The lowest BCUT2D eigenvalue weighted by Gasteiger charge is -2.16. The van der Waals surface area contributed by atoms with E-state index in [4.69, 9.17) is 12.2 Å². The van der Waals surface area contributed by atoms with Crippen LogP contribution < -0.4 is 5.56 Å². The van der Waals surface area contributed by atoms with Crippen LogP contribution >= 0.6 is 12.2 Å². The molecule has 130 valence electrons. The van der Waals surface area contributed by atoms with Gasteiger partial charge in [0.2, 0.25) is 0 Å². The Labute approximate surface area is 146 Å². The average molecular weight is 365 g/mol. The van der Waals surface area contributed by atoms with Gasteiger partial charge in [-0.15, -0.1) is 0 Å². The molecule has 3 rings (SSSR count). The number of nitrogens with zero attached hydrogens (tertiary/aromatic N) is 2. The van der Waals surface area contributed by atoms with E-state index in [0.29, 0.717) is 12.1 Å². The molecule has 3 aromatic rings. The molecular weight excluding hydrogens is 351 g/mol. The number of aromatic nitrogens is 3. The Hall–Kier alpha value is -2.48. The molecule has 0 amide bonds. The van der Waals surface area contributed by atoms with E-state index in [1.165, 1.54) is 4.57 Å². The predicted molar refractivity (Wildman–Crippen MR) is 91.6 cm³/mol. The van der Waals surface area contributed by atoms with Crippen molar-refractivity contribution in [3.8, 4) is 5.69 Å². The molecule has 2 heterocycles. The number of halogens is 3. The van der Waals surface area contributed by atoms with Gasteiger partial charge in [-0.05, 0) is 49.3 Å². The first-order chi connectivity index (χ1) is 11.7. The second-order valence-corrected chi connectivity index (χ2v) is 6.03. The summed E-state index contributed by atoms with van der Waals surface area (Å²) in [6.07, 6.45) is -4.38. The van der Waals surface area contributed by atoms with Crippen molar-refractivity contribution in [2.45, 2.75) is 26.4 Å². The number of aryl methyl sites for hydroxylation is 2. The van der Waals surface area contributed by atoms with E-state index in [2.05, 4.69) is 9.97 Å². The van der Waals surface area contributed by atoms with Gasteiger partial charge in [-0.25, -0.2) is 4.98 Å². The van der Waals surface area contributed by atoms with E-state index in [1.807, 2.05) is 13.0 Å². The van der Waals surface area contributed by atoms with Crippen LogP contribution in [0.2, 0.25) is 0 Å². The Morgan fingerprint density at radius 3 is 2.60 bits per heavy atom. The molecule has 0 radical (unpaired) electrons. The Kier molecular flexibility index (Phi) is 4.24. The van der Waals surface area contributed by atoms with Crippen molar-refractivity contribution in [3.05, 3.63) is 62.3 Å². The number of H-pyrrole nitrogens is 1. The van der Waals surface area contributed by atoms with Crippen LogP contribution in [0.1, 0.15) is 23.7 Å². The fourth-order valence-corrected chi connectivity index (χ4v) is 2.98. The number of rotatable bonds is 2. The average Bonchev–Trinajstić information content (AvgIpc) is 2.52. The molecule has 0 fully saturated rings. The Morgan fingerprint density at radius 1 is 1.28 bits per heavy atom. The van der Waals surface area contributed by atoms with Gasteiger partial charge in [0.25, 0.3) is 5.56 Å². The number of hydrogen-bond acceptors (Lipinski definition) is 3. The summed E-state index contributed by atoms with van der Waals surface area (Å²) >= 11 is 5.19. The highest BCUT2D eigenvalue weighted by Crippen LogP contribution is 2.34. The largest absolute Gasteiger partial charge is 0.417 e. The maximum atomic E-state index is 13.5. The van der Waals surface area contributed by atoms with E-state index in [9.17, 15) is 18.0 Å². The van der Waals surface area contributed by atoms with E-state index < -0.39 is 22.7 Å². The van der Waals surface area contributed by atoms with Crippen molar-refractivity contribution in [3.63, 3.8) is 0 Å². The second kappa shape index (κ2) is 6.11. The lowest BCUT2D eigenvalue weighted by atomic mass is 10.1. The molecule has 0 saturated carbocycles. The summed E-state index contributed by atoms with van der Waals surface area (Å²) < 4.78 is 41.9. The zero-order valence-corrected chi connectivity index (χ0v) is 14.3. The topological polar surface area (TPSA) is 50.7 Å². The van der Waals surface area contributed by atoms with E-state index in [1.54, 1.807) is 25.1 Å². The van der Waals surface area contributed by atoms with Gasteiger partial charge >= 0.3 is 6.18 Å². The molecule has 0 aliphatic heterocycles. The lowest BCUT2D eigenvalue weighted by molar-refractivity contribution is -0.136. The number of hydrogen-bond donors (Lipinski definition) is 1. The number of benzene rings is 1. The van der Waals surface area contributed by atoms with E-state index >= 15 is 0 Å². The number of aromatic amines is 1. The zero-order valence-electron chi connectivity index (χ0n) is 13.4. The van der Waals surface area contributed by atoms with Gasteiger partial charge in [0.1, 0.15) is 0 Å². The van der Waals surface area contributed by atoms with Gasteiger partial charge in [0.05, 0.1) is 16.6 Å². The smallest absolute Gasteiger partial charge is 0.298 e. The first-order valence-electron chi connectivity index (χ1n) is 7.55. The van der Waals surface area contributed by atoms with Gasteiger partial charge in [0, 0.05) is 5.69 Å². The molecule has 0 aliphatic rings. The first kappa shape index (κ1) is 17.3. The zero-order chi connectivity index (χ0) is 18.4. The first-order valence-corrected chi connectivity index (χ1v) is 7.96. The van der Waals surface area contributed by atoms with Crippen LogP contribution in [-0.2, 0) is 12.6 Å². The van der Waals surface area contributed by atoms with Crippen LogP contribution in [-0.4, -0.2) is 14.5 Å². The lowest BCUT2D eigenvalue weighted by Crippen LogP contribution is -2.20. The Bertz CT molecular complexity index is 1080. The standard InChI is InChI=1S/C17H14F3N3OS/c1-3-10-8-12(17(18,19)20)13-14(21-10)23(16(25)22-15(13)24)11-6-4-5-9(2)7-11/h4-8H,3H2,1-2H3,(H,22,24,25). The highest BCUT2D eigenvalue weighted by atomic mass is 32.1. The maximum absolute atomic E-state index is 13.5. The highest BCUT2D eigenvalue weighted by Gasteiger charge is 2.35. The van der Waals surface area contributed by atoms with E-state index in [0.717, 1.165) is 11.6 Å². The van der Waals surface area contributed by atoms with Crippen molar-refractivity contribution < 1.29 is 13.2 Å². The summed E-state index contributed by atoms with van der Waals surface area (Å²) in [5.74, 6) is 0. The molecule has 0 spiro atoms. The van der Waals surface area contributed by atoms with Crippen LogP contribution in [0.3, 0.4) is 0 Å². The van der Waals surface area contributed by atoms with Gasteiger partial charge in [-0.3, -0.25) is 14.3 Å². The minimum Gasteiger partial charge on any atom is -0.298 e. The highest BCUT2D eigenvalue weighted by molar-refractivity contribution is 7.71. The summed E-state index contributed by atoms with van der Waals surface area (Å²) in [5.41, 5.74) is -0.313. The van der Waals surface area contributed by atoms with E-state index in [-0.39, 0.29) is 16.1 Å². The predicted octanol–water partition coefficient (Wildman–Crippen LogP) is 4.33. The van der Waals surface area contributed by atoms with Crippen LogP contribution in [0.4, 0.5) is 13.2 Å². The Morgan fingerprint density at radius 2 is 2.00 bits per heavy atom. The van der Waals surface area contributed by atoms with Crippen LogP contribution in [0.25, 0.3) is 16.7 Å². The minimum atomic E-state index is -4.68. The molecule has 4 nitrogen and oxygen atoms in total. The monoisotopic (exact) mass is 365 g/mol. The molecule has 0 atom stereocenters. The SMILES string of the molecule is CCc1cc(C(F)(F)F)c2c(=O)[nH]c(=S)n(-c3cccc(C)c3)c2n1. The molecule has 0 aliphatic carbocycles. The van der Waals surface area contributed by atoms with Crippen molar-refractivity contribution in [1.29, 1.82) is 0 Å². The number of fused-ring (bicyclic) bond motifs is 1. The third-order valence-electron chi connectivity index (χ3n) is 3.84. The van der Waals surface area contributed by atoms with Crippen molar-refractivity contribution in [2.24, 2.45) is 0 Å². The third-order valence-corrected chi connectivity index (χ3v) is 4.13. The maximum Gasteiger partial charge on any atom is 0.417 e. The summed E-state index contributed by atoms with van der Waals surface area (Å²) in [6.45, 7) is 3.56. The summed E-state index contributed by atoms with van der Waals surface area (Å²) in [7, 11) is 0. The molecular formula is C17H14F3N3OS. The summed E-state index contributed by atoms with van der Waals surface area (Å²) in [4.78, 5) is 18.8. The van der Waals surface area contributed by atoms with Crippen LogP contribution in [0.15, 0.2) is 35.1 Å². The second-order valence-electron chi connectivity index (χ2n) is 5.64. The molecule has 2 aromatic heterocycles. The van der Waals surface area contributed by atoms with Crippen molar-refractivity contribution in [2.75, 3.05) is 0 Å². The molecule has 0 unspecified atom stereocenters. The number of nitrogens with one attached hydrogen (secondary N) is 1. The third kappa shape index (κ3) is 3.09. The normalized spacial score (nSPS) is 11.9. The number of pyridine rings is 1. The molecule has 0 bridgehead atoms. The molecule has 1 N–H and O–H groups in total. The van der Waals surface area contributed by atoms with Crippen molar-refractivity contribution in [1.82, 2.24) is 14.5 Å². The van der Waals surface area contributed by atoms with Gasteiger partial charge in [-0.2, -0.15) is 13.2 Å².